The Hall–Kier alpha value is -1.36. The van der Waals surface area contributed by atoms with Crippen LogP contribution in [0.4, 0.5) is 11.6 Å². The fourth-order valence-electron chi connectivity index (χ4n) is 1.82. The Balaban J connectivity index is 1.92. The molecule has 2 rings (SSSR count). The second-order valence-corrected chi connectivity index (χ2v) is 4.94. The molecule has 1 aromatic heterocycles. The standard InChI is InChI=1S/C13H22N4O/c1-9(18)4-3-7-15-12-8-11(14-2)16-13(17-12)10-5-6-10/h8-10,18H,3-7H2,1-2H3,(H2,14,15,16,17). The van der Waals surface area contributed by atoms with Gasteiger partial charge >= 0.3 is 0 Å². The second-order valence-electron chi connectivity index (χ2n) is 4.94. The number of aromatic nitrogens is 2. The summed E-state index contributed by atoms with van der Waals surface area (Å²) in [4.78, 5) is 9.00. The lowest BCUT2D eigenvalue weighted by Gasteiger charge is -2.10. The molecule has 0 aliphatic heterocycles. The van der Waals surface area contributed by atoms with Crippen molar-refractivity contribution in [1.29, 1.82) is 0 Å². The molecule has 1 unspecified atom stereocenters. The lowest BCUT2D eigenvalue weighted by Crippen LogP contribution is -2.09. The van der Waals surface area contributed by atoms with E-state index in [4.69, 9.17) is 0 Å². The van der Waals surface area contributed by atoms with E-state index in [9.17, 15) is 5.11 Å². The lowest BCUT2D eigenvalue weighted by molar-refractivity contribution is 0.183. The molecule has 100 valence electrons. The van der Waals surface area contributed by atoms with Crippen LogP contribution in [0.3, 0.4) is 0 Å². The predicted molar refractivity (Wildman–Crippen MR) is 73.0 cm³/mol. The summed E-state index contributed by atoms with van der Waals surface area (Å²) in [6.45, 7) is 2.64. The first-order chi connectivity index (χ1) is 8.69. The molecule has 1 saturated carbocycles. The number of hydrogen-bond acceptors (Lipinski definition) is 5. The van der Waals surface area contributed by atoms with Crippen molar-refractivity contribution in [3.05, 3.63) is 11.9 Å². The Kier molecular flexibility index (Phi) is 4.36. The van der Waals surface area contributed by atoms with Gasteiger partial charge in [-0.1, -0.05) is 0 Å². The Bertz CT molecular complexity index is 391. The van der Waals surface area contributed by atoms with Crippen LogP contribution in [0.2, 0.25) is 0 Å². The van der Waals surface area contributed by atoms with E-state index in [-0.39, 0.29) is 6.10 Å². The molecule has 1 fully saturated rings. The van der Waals surface area contributed by atoms with Gasteiger partial charge in [-0.15, -0.1) is 0 Å². The first-order valence-electron chi connectivity index (χ1n) is 6.67. The minimum Gasteiger partial charge on any atom is -0.393 e. The van der Waals surface area contributed by atoms with Gasteiger partial charge in [0.25, 0.3) is 0 Å². The van der Waals surface area contributed by atoms with Gasteiger partial charge in [0.1, 0.15) is 17.5 Å². The maximum atomic E-state index is 9.19. The molecule has 5 heteroatoms. The Morgan fingerprint density at radius 2 is 2.11 bits per heavy atom. The van der Waals surface area contributed by atoms with Crippen molar-refractivity contribution in [2.24, 2.45) is 0 Å². The van der Waals surface area contributed by atoms with E-state index in [0.717, 1.165) is 36.8 Å². The van der Waals surface area contributed by atoms with Gasteiger partial charge in [0.05, 0.1) is 6.10 Å². The molecule has 5 nitrogen and oxygen atoms in total. The number of aliphatic hydroxyl groups excluding tert-OH is 1. The van der Waals surface area contributed by atoms with Crippen molar-refractivity contribution in [3.8, 4) is 0 Å². The summed E-state index contributed by atoms with van der Waals surface area (Å²) in [5.41, 5.74) is 0. The molecule has 1 aliphatic carbocycles. The highest BCUT2D eigenvalue weighted by Gasteiger charge is 2.27. The van der Waals surface area contributed by atoms with Crippen molar-refractivity contribution in [2.45, 2.75) is 44.6 Å². The van der Waals surface area contributed by atoms with Gasteiger partial charge in [-0.2, -0.15) is 0 Å². The van der Waals surface area contributed by atoms with Crippen molar-refractivity contribution in [2.75, 3.05) is 24.2 Å². The zero-order chi connectivity index (χ0) is 13.0. The van der Waals surface area contributed by atoms with Gasteiger partial charge in [0, 0.05) is 25.6 Å². The van der Waals surface area contributed by atoms with Crippen LogP contribution in [-0.2, 0) is 0 Å². The quantitative estimate of drug-likeness (QED) is 0.645. The Labute approximate surface area is 108 Å². The predicted octanol–water partition coefficient (Wildman–Crippen LogP) is 1.97. The Morgan fingerprint density at radius 1 is 1.39 bits per heavy atom. The van der Waals surface area contributed by atoms with Gasteiger partial charge in [-0.3, -0.25) is 0 Å². The largest absolute Gasteiger partial charge is 0.393 e. The molecular weight excluding hydrogens is 228 g/mol. The van der Waals surface area contributed by atoms with Gasteiger partial charge in [0.15, 0.2) is 0 Å². The third-order valence-electron chi connectivity index (χ3n) is 3.05. The summed E-state index contributed by atoms with van der Waals surface area (Å²) < 4.78 is 0. The van der Waals surface area contributed by atoms with Crippen LogP contribution in [0.1, 0.15) is 44.3 Å². The second kappa shape index (κ2) is 6.00. The van der Waals surface area contributed by atoms with Crippen LogP contribution in [0, 0.1) is 0 Å². The lowest BCUT2D eigenvalue weighted by atomic mass is 10.2. The average Bonchev–Trinajstić information content (AvgIpc) is 3.18. The molecule has 0 aromatic carbocycles. The molecule has 0 amide bonds. The fraction of sp³-hybridized carbons (Fsp3) is 0.692. The summed E-state index contributed by atoms with van der Waals surface area (Å²) in [5, 5.41) is 15.6. The van der Waals surface area contributed by atoms with E-state index < -0.39 is 0 Å². The van der Waals surface area contributed by atoms with E-state index in [0.29, 0.717) is 5.92 Å². The van der Waals surface area contributed by atoms with Gasteiger partial charge in [-0.25, -0.2) is 9.97 Å². The highest BCUT2D eigenvalue weighted by atomic mass is 16.3. The third kappa shape index (κ3) is 3.84. The van der Waals surface area contributed by atoms with Crippen LogP contribution in [0.25, 0.3) is 0 Å². The number of rotatable bonds is 7. The van der Waals surface area contributed by atoms with Gasteiger partial charge < -0.3 is 15.7 Å². The number of hydrogen-bond donors (Lipinski definition) is 3. The summed E-state index contributed by atoms with van der Waals surface area (Å²) in [6, 6.07) is 1.92. The molecule has 0 bridgehead atoms. The van der Waals surface area contributed by atoms with Crippen LogP contribution < -0.4 is 10.6 Å². The van der Waals surface area contributed by atoms with Crippen LogP contribution in [-0.4, -0.2) is 34.8 Å². The molecular formula is C13H22N4O. The number of aliphatic hydroxyl groups is 1. The molecule has 0 saturated heterocycles. The molecule has 0 spiro atoms. The molecule has 1 atom stereocenters. The minimum atomic E-state index is -0.230. The monoisotopic (exact) mass is 250 g/mol. The smallest absolute Gasteiger partial charge is 0.136 e. The molecule has 3 N–H and O–H groups in total. The van der Waals surface area contributed by atoms with Gasteiger partial charge in [-0.05, 0) is 32.6 Å². The highest BCUT2D eigenvalue weighted by molar-refractivity contribution is 5.47. The van der Waals surface area contributed by atoms with Crippen LogP contribution in [0.5, 0.6) is 0 Å². The van der Waals surface area contributed by atoms with E-state index in [1.807, 2.05) is 20.0 Å². The summed E-state index contributed by atoms with van der Waals surface area (Å²) >= 11 is 0. The Morgan fingerprint density at radius 3 is 2.72 bits per heavy atom. The molecule has 1 aliphatic rings. The van der Waals surface area contributed by atoms with Crippen molar-refractivity contribution in [1.82, 2.24) is 9.97 Å². The van der Waals surface area contributed by atoms with Crippen molar-refractivity contribution >= 4 is 11.6 Å². The van der Waals surface area contributed by atoms with Crippen LogP contribution >= 0.6 is 0 Å². The summed E-state index contributed by atoms with van der Waals surface area (Å²) in [5.74, 6) is 3.24. The fourth-order valence-corrected chi connectivity index (χ4v) is 1.82. The summed E-state index contributed by atoms with van der Waals surface area (Å²) in [7, 11) is 1.87. The van der Waals surface area contributed by atoms with Gasteiger partial charge in [0.2, 0.25) is 0 Å². The molecule has 18 heavy (non-hydrogen) atoms. The van der Waals surface area contributed by atoms with E-state index in [1.165, 1.54) is 12.8 Å². The van der Waals surface area contributed by atoms with E-state index in [2.05, 4.69) is 20.6 Å². The summed E-state index contributed by atoms with van der Waals surface area (Å²) in [6.07, 6.45) is 3.93. The molecule has 1 aromatic rings. The number of nitrogens with one attached hydrogen (secondary N) is 2. The normalized spacial score (nSPS) is 16.4. The minimum absolute atomic E-state index is 0.230. The maximum Gasteiger partial charge on any atom is 0.136 e. The maximum absolute atomic E-state index is 9.19. The van der Waals surface area contributed by atoms with E-state index in [1.54, 1.807) is 0 Å². The molecule has 1 heterocycles. The first kappa shape index (κ1) is 13.1. The number of nitrogens with zero attached hydrogens (tertiary/aromatic N) is 2. The first-order valence-corrected chi connectivity index (χ1v) is 6.67. The average molecular weight is 250 g/mol. The third-order valence-corrected chi connectivity index (χ3v) is 3.05. The van der Waals surface area contributed by atoms with E-state index >= 15 is 0 Å². The molecule has 0 radical (unpaired) electrons. The topological polar surface area (TPSA) is 70.1 Å². The number of anilines is 2. The SMILES string of the molecule is CNc1cc(NCCCC(C)O)nc(C2CC2)n1. The van der Waals surface area contributed by atoms with Crippen LogP contribution in [0.15, 0.2) is 6.07 Å². The zero-order valence-electron chi connectivity index (χ0n) is 11.1. The highest BCUT2D eigenvalue weighted by Crippen LogP contribution is 2.38. The van der Waals surface area contributed by atoms with Crippen molar-refractivity contribution in [3.63, 3.8) is 0 Å². The van der Waals surface area contributed by atoms with Crippen molar-refractivity contribution < 1.29 is 5.11 Å². The zero-order valence-corrected chi connectivity index (χ0v) is 11.1.